The number of allylic oxidation sites excluding steroid dienone is 6. The van der Waals surface area contributed by atoms with Gasteiger partial charge in [0.1, 0.15) is 11.6 Å². The first-order chi connectivity index (χ1) is 13.3. The first kappa shape index (κ1) is 22.4. The van der Waals surface area contributed by atoms with Crippen LogP contribution in [0.3, 0.4) is 0 Å². The van der Waals surface area contributed by atoms with E-state index >= 15 is 0 Å². The largest absolute Gasteiger partial charge is 0.498 e. The number of rotatable bonds is 10. The summed E-state index contributed by atoms with van der Waals surface area (Å²) >= 11 is 0. The van der Waals surface area contributed by atoms with E-state index in [0.29, 0.717) is 63.6 Å². The van der Waals surface area contributed by atoms with Crippen molar-refractivity contribution in [3.05, 3.63) is 35.8 Å². The van der Waals surface area contributed by atoms with E-state index in [1.807, 2.05) is 24.3 Å². The van der Waals surface area contributed by atoms with Crippen LogP contribution in [-0.4, -0.2) is 24.8 Å². The summed E-state index contributed by atoms with van der Waals surface area (Å²) in [5, 5.41) is 0. The van der Waals surface area contributed by atoms with Crippen molar-refractivity contribution in [2.75, 3.05) is 13.2 Å². The zero-order valence-electron chi connectivity index (χ0n) is 17.9. The second-order valence-corrected chi connectivity index (χ2v) is 8.76. The molecule has 0 heterocycles. The molecule has 0 saturated heterocycles. The molecule has 28 heavy (non-hydrogen) atoms. The van der Waals surface area contributed by atoms with Gasteiger partial charge in [-0.2, -0.15) is 0 Å². The molecule has 0 bridgehead atoms. The summed E-state index contributed by atoms with van der Waals surface area (Å²) < 4.78 is 11.6. The van der Waals surface area contributed by atoms with Gasteiger partial charge in [0.2, 0.25) is 0 Å². The van der Waals surface area contributed by atoms with Crippen molar-refractivity contribution in [2.45, 2.75) is 66.2 Å². The Labute approximate surface area is 170 Å². The van der Waals surface area contributed by atoms with Crippen LogP contribution in [-0.2, 0) is 19.1 Å². The molecule has 0 radical (unpaired) electrons. The third-order valence-corrected chi connectivity index (χ3v) is 4.99. The fourth-order valence-corrected chi connectivity index (χ4v) is 3.34. The lowest BCUT2D eigenvalue weighted by Crippen LogP contribution is -2.19. The first-order valence-electron chi connectivity index (χ1n) is 10.7. The number of ketones is 2. The SMILES string of the molecule is CC(C)COC1=C[C@H](C/C=C/C[C@@H]2C=C(OCC(C)C)CCC2=O)C(=O)CC1. The second-order valence-electron chi connectivity index (χ2n) is 8.76. The van der Waals surface area contributed by atoms with Crippen LogP contribution in [0.4, 0.5) is 0 Å². The molecule has 2 rings (SSSR count). The quantitative estimate of drug-likeness (QED) is 0.471. The summed E-state index contributed by atoms with van der Waals surface area (Å²) in [5.74, 6) is 3.20. The Kier molecular flexibility index (Phi) is 9.01. The molecule has 0 spiro atoms. The van der Waals surface area contributed by atoms with Crippen LogP contribution in [0.5, 0.6) is 0 Å². The zero-order chi connectivity index (χ0) is 20.5. The van der Waals surface area contributed by atoms with Gasteiger partial charge in [-0.05, 0) is 36.8 Å². The first-order valence-corrected chi connectivity index (χ1v) is 10.7. The molecular weight excluding hydrogens is 352 g/mol. The van der Waals surface area contributed by atoms with Crippen molar-refractivity contribution in [3.8, 4) is 0 Å². The van der Waals surface area contributed by atoms with E-state index < -0.39 is 0 Å². The Bertz CT molecular complexity index is 571. The molecule has 156 valence electrons. The topological polar surface area (TPSA) is 52.6 Å². The average Bonchev–Trinajstić information content (AvgIpc) is 2.65. The van der Waals surface area contributed by atoms with Gasteiger partial charge in [0.05, 0.1) is 24.7 Å². The predicted molar refractivity (Wildman–Crippen MR) is 112 cm³/mol. The van der Waals surface area contributed by atoms with Gasteiger partial charge >= 0.3 is 0 Å². The number of Topliss-reactive ketones (excluding diaryl/α,β-unsaturated/α-hetero) is 2. The molecule has 0 fully saturated rings. The highest BCUT2D eigenvalue weighted by Crippen LogP contribution is 2.26. The lowest BCUT2D eigenvalue weighted by molar-refractivity contribution is -0.123. The smallest absolute Gasteiger partial charge is 0.140 e. The highest BCUT2D eigenvalue weighted by Gasteiger charge is 2.23. The maximum absolute atomic E-state index is 12.2. The highest BCUT2D eigenvalue weighted by molar-refractivity contribution is 5.84. The average molecular weight is 389 g/mol. The van der Waals surface area contributed by atoms with E-state index in [4.69, 9.17) is 9.47 Å². The molecular formula is C24H36O4. The van der Waals surface area contributed by atoms with E-state index in [2.05, 4.69) is 27.7 Å². The van der Waals surface area contributed by atoms with Gasteiger partial charge in [0.15, 0.2) is 0 Å². The fraction of sp³-hybridized carbons (Fsp3) is 0.667. The molecule has 4 nitrogen and oxygen atoms in total. The van der Waals surface area contributed by atoms with Crippen LogP contribution < -0.4 is 0 Å². The van der Waals surface area contributed by atoms with Crippen molar-refractivity contribution in [1.29, 1.82) is 0 Å². The Morgan fingerprint density at radius 1 is 0.786 bits per heavy atom. The van der Waals surface area contributed by atoms with Gasteiger partial charge in [-0.25, -0.2) is 0 Å². The lowest BCUT2D eigenvalue weighted by Gasteiger charge is -2.21. The van der Waals surface area contributed by atoms with E-state index in [9.17, 15) is 9.59 Å². The normalized spacial score (nSPS) is 23.4. The summed E-state index contributed by atoms with van der Waals surface area (Å²) in [5.41, 5.74) is 0. The standard InChI is InChI=1S/C24H36O4/c1-17(2)15-27-21-9-11-23(25)19(13-21)7-5-6-8-20-14-22(10-12-24(20)26)28-16-18(3)4/h5-6,13-14,17-20H,7-12,15-16H2,1-4H3/b6-5+/t19-,20+. The molecule has 0 aromatic rings. The Morgan fingerprint density at radius 2 is 1.18 bits per heavy atom. The second kappa shape index (κ2) is 11.2. The summed E-state index contributed by atoms with van der Waals surface area (Å²) in [6.45, 7) is 9.87. The molecule has 0 aromatic carbocycles. The molecule has 2 atom stereocenters. The van der Waals surface area contributed by atoms with Crippen molar-refractivity contribution < 1.29 is 19.1 Å². The minimum atomic E-state index is -0.102. The van der Waals surface area contributed by atoms with Crippen molar-refractivity contribution >= 4 is 11.6 Å². The van der Waals surface area contributed by atoms with Crippen LogP contribution in [0.15, 0.2) is 35.8 Å². The number of carbonyl (C=O) groups is 2. The zero-order valence-corrected chi connectivity index (χ0v) is 17.9. The van der Waals surface area contributed by atoms with Crippen LogP contribution >= 0.6 is 0 Å². The molecule has 0 amide bonds. The van der Waals surface area contributed by atoms with E-state index in [-0.39, 0.29) is 23.4 Å². The summed E-state index contributed by atoms with van der Waals surface area (Å²) in [7, 11) is 0. The van der Waals surface area contributed by atoms with Crippen LogP contribution in [0.25, 0.3) is 0 Å². The minimum Gasteiger partial charge on any atom is -0.498 e. The third-order valence-electron chi connectivity index (χ3n) is 4.99. The number of carbonyl (C=O) groups excluding carboxylic acids is 2. The minimum absolute atomic E-state index is 0.102. The fourth-order valence-electron chi connectivity index (χ4n) is 3.34. The van der Waals surface area contributed by atoms with E-state index in [1.54, 1.807) is 0 Å². The van der Waals surface area contributed by atoms with E-state index in [0.717, 1.165) is 11.5 Å². The lowest BCUT2D eigenvalue weighted by atomic mass is 9.88. The highest BCUT2D eigenvalue weighted by atomic mass is 16.5. The molecule has 2 aliphatic carbocycles. The summed E-state index contributed by atoms with van der Waals surface area (Å²) in [6.07, 6.45) is 11.9. The number of ether oxygens (including phenoxy) is 2. The predicted octanol–water partition coefficient (Wildman–Crippen LogP) is 5.39. The number of hydrogen-bond donors (Lipinski definition) is 0. The number of hydrogen-bond acceptors (Lipinski definition) is 4. The van der Waals surface area contributed by atoms with E-state index in [1.165, 1.54) is 0 Å². The van der Waals surface area contributed by atoms with Crippen molar-refractivity contribution in [3.63, 3.8) is 0 Å². The maximum Gasteiger partial charge on any atom is 0.140 e. The third kappa shape index (κ3) is 7.65. The van der Waals surface area contributed by atoms with Crippen LogP contribution in [0, 0.1) is 23.7 Å². The van der Waals surface area contributed by atoms with Gasteiger partial charge in [0.25, 0.3) is 0 Å². The molecule has 4 heteroatoms. The molecule has 0 aromatic heterocycles. The molecule has 0 unspecified atom stereocenters. The van der Waals surface area contributed by atoms with Crippen LogP contribution in [0.1, 0.15) is 66.2 Å². The van der Waals surface area contributed by atoms with Gasteiger partial charge in [-0.3, -0.25) is 9.59 Å². The summed E-state index contributed by atoms with van der Waals surface area (Å²) in [4.78, 5) is 24.4. The Morgan fingerprint density at radius 3 is 1.54 bits per heavy atom. The molecule has 0 saturated carbocycles. The Balaban J connectivity index is 1.85. The maximum atomic E-state index is 12.2. The van der Waals surface area contributed by atoms with Gasteiger partial charge in [0, 0.05) is 37.5 Å². The van der Waals surface area contributed by atoms with Gasteiger partial charge in [-0.1, -0.05) is 39.8 Å². The van der Waals surface area contributed by atoms with Crippen molar-refractivity contribution in [1.82, 2.24) is 0 Å². The summed E-state index contributed by atoms with van der Waals surface area (Å²) in [6, 6.07) is 0. The monoisotopic (exact) mass is 388 g/mol. The van der Waals surface area contributed by atoms with Gasteiger partial charge < -0.3 is 9.47 Å². The van der Waals surface area contributed by atoms with Crippen molar-refractivity contribution in [2.24, 2.45) is 23.7 Å². The Hall–Kier alpha value is -1.84. The van der Waals surface area contributed by atoms with Crippen LogP contribution in [0.2, 0.25) is 0 Å². The molecule has 0 aliphatic heterocycles. The van der Waals surface area contributed by atoms with Gasteiger partial charge in [-0.15, -0.1) is 0 Å². The molecule has 0 N–H and O–H groups in total. The molecule has 2 aliphatic rings.